The Morgan fingerprint density at radius 3 is 2.89 bits per heavy atom. The molecule has 0 heterocycles. The first-order chi connectivity index (χ1) is 9.08. The molecule has 1 aromatic carbocycles. The van der Waals surface area contributed by atoms with Gasteiger partial charge in [-0.25, -0.2) is 4.79 Å². The van der Waals surface area contributed by atoms with Crippen LogP contribution in [0, 0.1) is 11.3 Å². The second kappa shape index (κ2) is 7.45. The number of halogens is 1. The van der Waals surface area contributed by atoms with Crippen LogP contribution in [0.5, 0.6) is 0 Å². The van der Waals surface area contributed by atoms with Crippen molar-refractivity contribution in [1.82, 2.24) is 0 Å². The molecule has 0 aliphatic heterocycles. The second-order valence-electron chi connectivity index (χ2n) is 3.86. The van der Waals surface area contributed by atoms with Gasteiger partial charge in [-0.15, -0.1) is 0 Å². The number of carboxylic acid groups (broad SMARTS) is 1. The summed E-state index contributed by atoms with van der Waals surface area (Å²) in [6.45, 7) is 3.28. The fraction of sp³-hybridized carbons (Fsp3) is 0.286. The Bertz CT molecular complexity index is 521. The van der Waals surface area contributed by atoms with Gasteiger partial charge < -0.3 is 10.0 Å². The van der Waals surface area contributed by atoms with E-state index in [1.165, 1.54) is 6.08 Å². The van der Waals surface area contributed by atoms with Crippen molar-refractivity contribution in [1.29, 1.82) is 5.26 Å². The lowest BCUT2D eigenvalue weighted by Crippen LogP contribution is -2.24. The fourth-order valence-electron chi connectivity index (χ4n) is 1.73. The van der Waals surface area contributed by atoms with Crippen LogP contribution in [-0.4, -0.2) is 24.2 Å². The minimum Gasteiger partial charge on any atom is -0.478 e. The first-order valence-corrected chi connectivity index (χ1v) is 6.28. The Morgan fingerprint density at radius 2 is 2.32 bits per heavy atom. The molecule has 0 atom stereocenters. The molecule has 1 aromatic rings. The molecule has 0 aliphatic rings. The first-order valence-electron chi connectivity index (χ1n) is 5.91. The van der Waals surface area contributed by atoms with E-state index in [4.69, 9.17) is 22.0 Å². The maximum Gasteiger partial charge on any atom is 0.328 e. The molecule has 0 fully saturated rings. The number of nitrogens with zero attached hydrogens (tertiary/aromatic N) is 2. The minimum absolute atomic E-state index is 0.405. The molecular formula is C14H15ClN2O2. The highest BCUT2D eigenvalue weighted by Crippen LogP contribution is 2.26. The van der Waals surface area contributed by atoms with Crippen LogP contribution in [0.4, 0.5) is 5.69 Å². The lowest BCUT2D eigenvalue weighted by Gasteiger charge is -2.24. The number of carboxylic acids is 1. The molecule has 0 amide bonds. The Balaban J connectivity index is 3.11. The topological polar surface area (TPSA) is 64.3 Å². The molecule has 0 unspecified atom stereocenters. The molecule has 1 N–H and O–H groups in total. The molecule has 1 rings (SSSR count). The van der Waals surface area contributed by atoms with E-state index in [-0.39, 0.29) is 0 Å². The normalized spacial score (nSPS) is 10.4. The van der Waals surface area contributed by atoms with Crippen LogP contribution in [-0.2, 0) is 4.79 Å². The zero-order valence-electron chi connectivity index (χ0n) is 10.6. The van der Waals surface area contributed by atoms with Gasteiger partial charge in [0.1, 0.15) is 0 Å². The molecule has 0 aromatic heterocycles. The molecule has 19 heavy (non-hydrogen) atoms. The Hall–Kier alpha value is -1.99. The van der Waals surface area contributed by atoms with Crippen molar-refractivity contribution < 1.29 is 9.90 Å². The standard InChI is InChI=1S/C14H15ClN2O2/c1-2-17(9-3-8-16)13-10-12(15)6-4-11(13)5-7-14(18)19/h4-7,10H,2-3,9H2,1H3,(H,18,19)/b7-5+. The smallest absolute Gasteiger partial charge is 0.328 e. The third-order valence-electron chi connectivity index (χ3n) is 2.61. The number of hydrogen-bond acceptors (Lipinski definition) is 3. The summed E-state index contributed by atoms with van der Waals surface area (Å²) in [6.07, 6.45) is 3.02. The maximum atomic E-state index is 10.6. The summed E-state index contributed by atoms with van der Waals surface area (Å²) in [5, 5.41) is 17.9. The van der Waals surface area contributed by atoms with Crippen LogP contribution >= 0.6 is 11.6 Å². The van der Waals surface area contributed by atoms with Crippen molar-refractivity contribution in [3.8, 4) is 6.07 Å². The number of benzene rings is 1. The molecule has 0 aliphatic carbocycles. The van der Waals surface area contributed by atoms with Gasteiger partial charge in [0.25, 0.3) is 0 Å². The number of rotatable bonds is 6. The Morgan fingerprint density at radius 1 is 1.58 bits per heavy atom. The van der Waals surface area contributed by atoms with Crippen molar-refractivity contribution in [3.63, 3.8) is 0 Å². The van der Waals surface area contributed by atoms with Crippen molar-refractivity contribution in [3.05, 3.63) is 34.9 Å². The Kier molecular flexibility index (Phi) is 5.91. The molecule has 0 radical (unpaired) electrons. The molecular weight excluding hydrogens is 264 g/mol. The summed E-state index contributed by atoms with van der Waals surface area (Å²) in [6, 6.07) is 7.36. The molecule has 0 saturated carbocycles. The van der Waals surface area contributed by atoms with E-state index in [0.29, 0.717) is 18.0 Å². The van der Waals surface area contributed by atoms with Gasteiger partial charge in [0.05, 0.1) is 12.5 Å². The molecule has 0 spiro atoms. The summed E-state index contributed by atoms with van der Waals surface area (Å²) in [5.41, 5.74) is 1.61. The van der Waals surface area contributed by atoms with Crippen LogP contribution in [0.15, 0.2) is 24.3 Å². The molecule has 4 nitrogen and oxygen atoms in total. The SMILES string of the molecule is CCN(CCC#N)c1cc(Cl)ccc1/C=C/C(=O)O. The van der Waals surface area contributed by atoms with Crippen LogP contribution in [0.3, 0.4) is 0 Å². The highest BCUT2D eigenvalue weighted by atomic mass is 35.5. The van der Waals surface area contributed by atoms with Crippen LogP contribution in [0.1, 0.15) is 18.9 Å². The molecule has 0 bridgehead atoms. The van der Waals surface area contributed by atoms with Gasteiger partial charge in [-0.3, -0.25) is 0 Å². The minimum atomic E-state index is -0.999. The number of anilines is 1. The van der Waals surface area contributed by atoms with E-state index < -0.39 is 5.97 Å². The van der Waals surface area contributed by atoms with Gasteiger partial charge in [-0.1, -0.05) is 17.7 Å². The third kappa shape index (κ3) is 4.65. The fourth-order valence-corrected chi connectivity index (χ4v) is 1.89. The summed E-state index contributed by atoms with van der Waals surface area (Å²) in [5.74, 6) is -0.999. The summed E-state index contributed by atoms with van der Waals surface area (Å²) in [4.78, 5) is 12.6. The maximum absolute atomic E-state index is 10.6. The average Bonchev–Trinajstić information content (AvgIpc) is 2.38. The summed E-state index contributed by atoms with van der Waals surface area (Å²) < 4.78 is 0. The zero-order chi connectivity index (χ0) is 14.3. The van der Waals surface area contributed by atoms with Crippen molar-refractivity contribution >= 4 is 29.3 Å². The largest absolute Gasteiger partial charge is 0.478 e. The van der Waals surface area contributed by atoms with Gasteiger partial charge in [-0.2, -0.15) is 5.26 Å². The van der Waals surface area contributed by atoms with E-state index in [2.05, 4.69) is 6.07 Å². The van der Waals surface area contributed by atoms with Gasteiger partial charge in [0.2, 0.25) is 0 Å². The van der Waals surface area contributed by atoms with E-state index in [0.717, 1.165) is 23.9 Å². The van der Waals surface area contributed by atoms with E-state index in [9.17, 15) is 4.79 Å². The highest BCUT2D eigenvalue weighted by molar-refractivity contribution is 6.31. The van der Waals surface area contributed by atoms with E-state index in [1.54, 1.807) is 18.2 Å². The van der Waals surface area contributed by atoms with Gasteiger partial charge in [0.15, 0.2) is 0 Å². The lowest BCUT2D eigenvalue weighted by molar-refractivity contribution is -0.131. The first kappa shape index (κ1) is 15.1. The molecule has 0 saturated heterocycles. The van der Waals surface area contributed by atoms with Gasteiger partial charge in [-0.05, 0) is 30.7 Å². The average molecular weight is 279 g/mol. The quantitative estimate of drug-likeness (QED) is 0.812. The number of aliphatic carboxylic acids is 1. The number of carbonyl (C=O) groups is 1. The van der Waals surface area contributed by atoms with Crippen LogP contribution < -0.4 is 4.90 Å². The molecule has 100 valence electrons. The van der Waals surface area contributed by atoms with E-state index in [1.807, 2.05) is 11.8 Å². The van der Waals surface area contributed by atoms with E-state index >= 15 is 0 Å². The lowest BCUT2D eigenvalue weighted by atomic mass is 10.1. The number of nitriles is 1. The number of hydrogen-bond donors (Lipinski definition) is 1. The predicted octanol–water partition coefficient (Wildman–Crippen LogP) is 3.18. The van der Waals surface area contributed by atoms with Gasteiger partial charge >= 0.3 is 5.97 Å². The van der Waals surface area contributed by atoms with Crippen LogP contribution in [0.25, 0.3) is 6.08 Å². The van der Waals surface area contributed by atoms with Crippen molar-refractivity contribution in [2.45, 2.75) is 13.3 Å². The predicted molar refractivity (Wildman–Crippen MR) is 76.2 cm³/mol. The zero-order valence-corrected chi connectivity index (χ0v) is 11.4. The second-order valence-corrected chi connectivity index (χ2v) is 4.30. The summed E-state index contributed by atoms with van der Waals surface area (Å²) in [7, 11) is 0. The Labute approximate surface area is 117 Å². The van der Waals surface area contributed by atoms with Gasteiger partial charge in [0, 0.05) is 29.9 Å². The summed E-state index contributed by atoms with van der Waals surface area (Å²) >= 11 is 5.98. The monoisotopic (exact) mass is 278 g/mol. The van der Waals surface area contributed by atoms with Crippen molar-refractivity contribution in [2.75, 3.05) is 18.0 Å². The molecule has 5 heteroatoms. The van der Waals surface area contributed by atoms with Crippen LogP contribution in [0.2, 0.25) is 5.02 Å². The van der Waals surface area contributed by atoms with Crippen molar-refractivity contribution in [2.24, 2.45) is 0 Å². The highest BCUT2D eigenvalue weighted by Gasteiger charge is 2.09. The third-order valence-corrected chi connectivity index (χ3v) is 2.85.